The molecule has 0 aliphatic rings. The maximum atomic E-state index is 11.8. The number of halogens is 1. The Balaban J connectivity index is 2.17. The van der Waals surface area contributed by atoms with Crippen molar-refractivity contribution >= 4 is 15.9 Å². The highest BCUT2D eigenvalue weighted by atomic mass is 79.9. The van der Waals surface area contributed by atoms with Crippen LogP contribution in [-0.4, -0.2) is 5.27 Å². The Morgan fingerprint density at radius 2 is 1.68 bits per heavy atom. The smallest absolute Gasteiger partial charge is 0.270 e. The number of para-hydroxylation sites is 1. The van der Waals surface area contributed by atoms with Crippen LogP contribution in [0.2, 0.25) is 0 Å². The molecule has 3 aromatic rings. The van der Waals surface area contributed by atoms with Crippen molar-refractivity contribution in [2.75, 3.05) is 0 Å². The predicted octanol–water partition coefficient (Wildman–Crippen LogP) is 2.45. The molecule has 0 spiro atoms. The van der Waals surface area contributed by atoms with Gasteiger partial charge in [0.15, 0.2) is 5.95 Å². The number of benzene rings is 2. The highest BCUT2D eigenvalue weighted by molar-refractivity contribution is 9.10. The maximum Gasteiger partial charge on any atom is 0.270 e. The first-order valence-corrected chi connectivity index (χ1v) is 6.45. The molecule has 0 saturated carbocycles. The van der Waals surface area contributed by atoms with Gasteiger partial charge in [-0.2, -0.15) is 0 Å². The minimum atomic E-state index is -0.453. The van der Waals surface area contributed by atoms with E-state index in [1.807, 2.05) is 54.6 Å². The van der Waals surface area contributed by atoms with Crippen molar-refractivity contribution in [3.63, 3.8) is 0 Å². The minimum absolute atomic E-state index is 0.415. The van der Waals surface area contributed by atoms with E-state index in [0.717, 1.165) is 15.7 Å². The summed E-state index contributed by atoms with van der Waals surface area (Å²) in [5.74, 6) is -0.453. The van der Waals surface area contributed by atoms with E-state index in [2.05, 4.69) is 21.2 Å². The number of hydrogen-bond donors (Lipinski definition) is 0. The lowest BCUT2D eigenvalue weighted by molar-refractivity contribution is -0.660. The molecule has 1 aromatic heterocycles. The van der Waals surface area contributed by atoms with Gasteiger partial charge in [0.05, 0.1) is 10.8 Å². The Kier molecular flexibility index (Phi) is 3.05. The van der Waals surface area contributed by atoms with Crippen molar-refractivity contribution in [1.82, 2.24) is 5.27 Å². The average molecular weight is 317 g/mol. The molecular formula is C14H9BrN2O2. The van der Waals surface area contributed by atoms with Crippen molar-refractivity contribution in [1.29, 1.82) is 0 Å². The summed E-state index contributed by atoms with van der Waals surface area (Å²) < 4.78 is 7.24. The van der Waals surface area contributed by atoms with Crippen LogP contribution in [-0.2, 0) is 0 Å². The van der Waals surface area contributed by atoms with Gasteiger partial charge in [-0.15, -0.1) is 0 Å². The van der Waals surface area contributed by atoms with Gasteiger partial charge in [-0.1, -0.05) is 34.1 Å². The number of nitrogens with zero attached hydrogens (tertiary/aromatic N) is 2. The van der Waals surface area contributed by atoms with Gasteiger partial charge >= 0.3 is 0 Å². The Labute approximate surface area is 118 Å². The monoisotopic (exact) mass is 316 g/mol. The van der Waals surface area contributed by atoms with Crippen LogP contribution >= 0.6 is 15.9 Å². The van der Waals surface area contributed by atoms with Gasteiger partial charge < -0.3 is 9.63 Å². The molecule has 0 N–H and O–H groups in total. The molecule has 19 heavy (non-hydrogen) atoms. The molecule has 3 rings (SSSR count). The molecule has 0 aliphatic carbocycles. The molecule has 0 radical (unpaired) electrons. The molecule has 0 saturated heterocycles. The summed E-state index contributed by atoms with van der Waals surface area (Å²) >= 11 is 3.37. The van der Waals surface area contributed by atoms with Crippen molar-refractivity contribution < 1.29 is 14.3 Å². The molecule has 2 aromatic carbocycles. The predicted molar refractivity (Wildman–Crippen MR) is 70.6 cm³/mol. The maximum absolute atomic E-state index is 11.8. The van der Waals surface area contributed by atoms with Gasteiger partial charge in [0.25, 0.3) is 5.69 Å². The van der Waals surface area contributed by atoms with Gasteiger partial charge in [-0.25, -0.2) is 0 Å². The third-order valence-electron chi connectivity index (χ3n) is 2.73. The first kappa shape index (κ1) is 11.9. The lowest BCUT2D eigenvalue weighted by atomic mass is 10.1. The van der Waals surface area contributed by atoms with E-state index in [1.54, 1.807) is 0 Å². The molecule has 0 atom stereocenters. The third-order valence-corrected chi connectivity index (χ3v) is 3.26. The molecule has 0 amide bonds. The van der Waals surface area contributed by atoms with Crippen LogP contribution in [0, 0.1) is 0 Å². The largest absolute Gasteiger partial charge is 0.539 e. The Bertz CT molecular complexity index is 693. The molecule has 0 aliphatic heterocycles. The van der Waals surface area contributed by atoms with Gasteiger partial charge in [0.1, 0.15) is 0 Å². The molecule has 5 heteroatoms. The molecule has 0 bridgehead atoms. The van der Waals surface area contributed by atoms with E-state index >= 15 is 0 Å². The molecule has 0 fully saturated rings. The molecular weight excluding hydrogens is 308 g/mol. The van der Waals surface area contributed by atoms with E-state index in [-0.39, 0.29) is 0 Å². The SMILES string of the molecule is [O-]c1on[n+](-c2ccccc2)c1-c1ccc(Br)cc1. The number of rotatable bonds is 2. The van der Waals surface area contributed by atoms with Crippen molar-refractivity contribution in [2.45, 2.75) is 0 Å². The first-order valence-electron chi connectivity index (χ1n) is 5.66. The third kappa shape index (κ3) is 2.24. The van der Waals surface area contributed by atoms with E-state index in [9.17, 15) is 5.11 Å². The summed E-state index contributed by atoms with van der Waals surface area (Å²) in [6.07, 6.45) is 0. The summed E-state index contributed by atoms with van der Waals surface area (Å²) in [4.78, 5) is 0. The lowest BCUT2D eigenvalue weighted by Gasteiger charge is -1.98. The topological polar surface area (TPSA) is 53.0 Å². The summed E-state index contributed by atoms with van der Waals surface area (Å²) in [5.41, 5.74) is 1.96. The van der Waals surface area contributed by atoms with E-state index in [0.29, 0.717) is 5.69 Å². The fourth-order valence-electron chi connectivity index (χ4n) is 1.84. The summed E-state index contributed by atoms with van der Waals surface area (Å²) in [6, 6.07) is 16.8. The van der Waals surface area contributed by atoms with Gasteiger partial charge in [-0.3, -0.25) is 0 Å². The van der Waals surface area contributed by atoms with Gasteiger partial charge in [-0.05, 0) is 28.9 Å². The standard InChI is InChI=1S/C14H9BrN2O2/c15-11-8-6-10(7-9-11)13-14(18)19-16-17(13)12-4-2-1-3-5-12/h1-9H. The normalized spacial score (nSPS) is 10.6. The zero-order valence-corrected chi connectivity index (χ0v) is 11.4. The Morgan fingerprint density at radius 1 is 1.00 bits per heavy atom. The van der Waals surface area contributed by atoms with E-state index < -0.39 is 5.95 Å². The second-order valence-electron chi connectivity index (χ2n) is 3.96. The summed E-state index contributed by atoms with van der Waals surface area (Å²) in [5, 5.41) is 15.6. The van der Waals surface area contributed by atoms with Gasteiger partial charge in [0, 0.05) is 16.6 Å². The second kappa shape index (κ2) is 4.85. The lowest BCUT2D eigenvalue weighted by Crippen LogP contribution is -2.34. The zero-order chi connectivity index (χ0) is 13.2. The first-order chi connectivity index (χ1) is 9.25. The zero-order valence-electron chi connectivity index (χ0n) is 9.79. The van der Waals surface area contributed by atoms with Crippen LogP contribution in [0.25, 0.3) is 16.9 Å². The van der Waals surface area contributed by atoms with Crippen LogP contribution in [0.4, 0.5) is 0 Å². The molecule has 4 nitrogen and oxygen atoms in total. The Hall–Kier alpha value is -2.14. The van der Waals surface area contributed by atoms with Crippen LogP contribution in [0.1, 0.15) is 0 Å². The number of hydrogen-bond acceptors (Lipinski definition) is 3. The Morgan fingerprint density at radius 3 is 2.37 bits per heavy atom. The van der Waals surface area contributed by atoms with Crippen molar-refractivity contribution in [3.8, 4) is 22.9 Å². The highest BCUT2D eigenvalue weighted by Crippen LogP contribution is 2.25. The van der Waals surface area contributed by atoms with Crippen LogP contribution in [0.15, 0.2) is 63.6 Å². The summed E-state index contributed by atoms with van der Waals surface area (Å²) in [7, 11) is 0. The number of aromatic nitrogens is 2. The van der Waals surface area contributed by atoms with Crippen molar-refractivity contribution in [2.24, 2.45) is 0 Å². The average Bonchev–Trinajstić information content (AvgIpc) is 2.83. The van der Waals surface area contributed by atoms with Crippen LogP contribution in [0.5, 0.6) is 5.95 Å². The summed E-state index contributed by atoms with van der Waals surface area (Å²) in [6.45, 7) is 0. The molecule has 1 heterocycles. The second-order valence-corrected chi connectivity index (χ2v) is 4.88. The van der Waals surface area contributed by atoms with Crippen LogP contribution in [0.3, 0.4) is 0 Å². The van der Waals surface area contributed by atoms with Crippen LogP contribution < -0.4 is 9.79 Å². The quantitative estimate of drug-likeness (QED) is 0.682. The molecule has 94 valence electrons. The fraction of sp³-hybridized carbons (Fsp3) is 0. The van der Waals surface area contributed by atoms with Crippen molar-refractivity contribution in [3.05, 3.63) is 59.1 Å². The van der Waals surface area contributed by atoms with E-state index in [4.69, 9.17) is 4.52 Å². The van der Waals surface area contributed by atoms with Gasteiger partial charge in [0.2, 0.25) is 5.69 Å². The molecule has 0 unspecified atom stereocenters. The fourth-order valence-corrected chi connectivity index (χ4v) is 2.11. The highest BCUT2D eigenvalue weighted by Gasteiger charge is 2.21. The minimum Gasteiger partial charge on any atom is -0.539 e. The van der Waals surface area contributed by atoms with E-state index in [1.165, 1.54) is 4.68 Å².